The lowest BCUT2D eigenvalue weighted by molar-refractivity contribution is -0.137. The Kier molecular flexibility index (Phi) is 9.12. The highest BCUT2D eigenvalue weighted by molar-refractivity contribution is 5.73. The Morgan fingerprint density at radius 3 is 2.46 bits per heavy atom. The fourth-order valence-corrected chi connectivity index (χ4v) is 5.98. The highest BCUT2D eigenvalue weighted by Crippen LogP contribution is 2.32. The fraction of sp³-hybridized carbons (Fsp3) is 0.438. The number of nitrogens with zero attached hydrogens (tertiary/aromatic N) is 2. The van der Waals surface area contributed by atoms with Gasteiger partial charge in [0.05, 0.1) is 5.56 Å². The van der Waals surface area contributed by atoms with Crippen molar-refractivity contribution in [1.82, 2.24) is 15.6 Å². The number of alkyl halides is 3. The van der Waals surface area contributed by atoms with Crippen LogP contribution in [0.25, 0.3) is 11.1 Å². The number of carbonyl (C=O) groups is 1. The van der Waals surface area contributed by atoms with Gasteiger partial charge in [0.25, 0.3) is 0 Å². The highest BCUT2D eigenvalue weighted by Gasteiger charge is 2.32. The van der Waals surface area contributed by atoms with E-state index in [1.807, 2.05) is 24.4 Å². The molecule has 2 heterocycles. The first-order valence-electron chi connectivity index (χ1n) is 14.5. The van der Waals surface area contributed by atoms with Gasteiger partial charge in [-0.1, -0.05) is 31.0 Å². The van der Waals surface area contributed by atoms with Crippen LogP contribution in [0.1, 0.15) is 56.6 Å². The van der Waals surface area contributed by atoms with E-state index < -0.39 is 11.7 Å². The van der Waals surface area contributed by atoms with Gasteiger partial charge in [0.1, 0.15) is 5.82 Å². The fourth-order valence-electron chi connectivity index (χ4n) is 5.98. The first kappa shape index (κ1) is 28.9. The number of anilines is 2. The third-order valence-corrected chi connectivity index (χ3v) is 8.09. The zero-order chi connectivity index (χ0) is 28.8. The number of hydrogen-bond donors (Lipinski definition) is 3. The topological polar surface area (TPSA) is 69.3 Å². The molecule has 6 nitrogen and oxygen atoms in total. The van der Waals surface area contributed by atoms with E-state index in [0.29, 0.717) is 6.54 Å². The maximum absolute atomic E-state index is 13.0. The molecule has 3 aromatic rings. The largest absolute Gasteiger partial charge is 0.416 e. The van der Waals surface area contributed by atoms with Gasteiger partial charge in [0, 0.05) is 56.6 Å². The number of halogens is 3. The smallest absolute Gasteiger partial charge is 0.370 e. The average Bonchev–Trinajstić information content (AvgIpc) is 2.97. The maximum Gasteiger partial charge on any atom is 0.416 e. The third-order valence-electron chi connectivity index (χ3n) is 8.09. The van der Waals surface area contributed by atoms with Crippen LogP contribution < -0.4 is 20.9 Å². The second kappa shape index (κ2) is 12.9. The van der Waals surface area contributed by atoms with Crippen LogP contribution in [0.2, 0.25) is 0 Å². The van der Waals surface area contributed by atoms with E-state index in [1.54, 1.807) is 12.1 Å². The molecule has 1 aromatic heterocycles. The molecule has 1 saturated carbocycles. The molecular formula is C32H38F3N5O. The van der Waals surface area contributed by atoms with Crippen LogP contribution >= 0.6 is 0 Å². The number of pyridine rings is 1. The Hall–Kier alpha value is -3.59. The van der Waals surface area contributed by atoms with E-state index in [2.05, 4.69) is 44.0 Å². The summed E-state index contributed by atoms with van der Waals surface area (Å²) >= 11 is 0. The Morgan fingerprint density at radius 1 is 0.951 bits per heavy atom. The zero-order valence-corrected chi connectivity index (χ0v) is 23.4. The van der Waals surface area contributed by atoms with Crippen LogP contribution in [0, 0.1) is 0 Å². The number of hydrogen-bond acceptors (Lipinski definition) is 5. The minimum absolute atomic E-state index is 0.0537. The first-order chi connectivity index (χ1) is 19.7. The Labute approximate surface area is 239 Å². The van der Waals surface area contributed by atoms with Gasteiger partial charge < -0.3 is 20.9 Å². The van der Waals surface area contributed by atoms with Crippen LogP contribution in [-0.2, 0) is 17.5 Å². The number of piperidine rings is 1. The summed E-state index contributed by atoms with van der Waals surface area (Å²) in [4.78, 5) is 18.1. The molecular weight excluding hydrogens is 527 g/mol. The number of carbonyl (C=O) groups excluding carboxylic acids is 1. The van der Waals surface area contributed by atoms with Crippen LogP contribution in [0.4, 0.5) is 24.7 Å². The standard InChI is InChI=1S/C32H38F3N5O/c1-22(41)37-20-23-6-4-7-24(18-23)25-15-16-36-31(19-25)39-30-10-3-2-9-29(30)38-27-8-5-17-40(21-27)28-13-11-26(12-14-28)32(33,34)35/h4,6-7,11-16,18-19,27,29-30,38H,2-3,5,8-10,17,20-21H2,1H3,(H,36,39)(H,37,41)/t27-,29+,30+/m0/s1. The SMILES string of the molecule is CC(=O)NCc1cccc(-c2ccnc(N[C@@H]3CCCC[C@H]3N[C@H]3CCCN(c4ccc(C(F)(F)F)cc4)C3)c2)c1. The number of amides is 1. The summed E-state index contributed by atoms with van der Waals surface area (Å²) in [6.45, 7) is 3.63. The number of aromatic nitrogens is 1. The van der Waals surface area contributed by atoms with Crippen molar-refractivity contribution < 1.29 is 18.0 Å². The monoisotopic (exact) mass is 565 g/mol. The van der Waals surface area contributed by atoms with E-state index in [9.17, 15) is 18.0 Å². The molecule has 0 bridgehead atoms. The van der Waals surface area contributed by atoms with Crippen LogP contribution in [0.15, 0.2) is 66.9 Å². The van der Waals surface area contributed by atoms with Crippen LogP contribution in [0.3, 0.4) is 0 Å². The summed E-state index contributed by atoms with van der Waals surface area (Å²) in [5, 5.41) is 10.4. The number of nitrogens with one attached hydrogen (secondary N) is 3. The summed E-state index contributed by atoms with van der Waals surface area (Å²) in [7, 11) is 0. The van der Waals surface area contributed by atoms with E-state index in [4.69, 9.17) is 0 Å². The molecule has 0 unspecified atom stereocenters. The zero-order valence-electron chi connectivity index (χ0n) is 23.4. The normalized spacial score (nSPS) is 21.4. The molecule has 3 atom stereocenters. The van der Waals surface area contributed by atoms with Crippen molar-refractivity contribution in [1.29, 1.82) is 0 Å². The molecule has 1 amide bonds. The summed E-state index contributed by atoms with van der Waals surface area (Å²) in [5.41, 5.74) is 3.40. The Morgan fingerprint density at radius 2 is 1.71 bits per heavy atom. The molecule has 2 fully saturated rings. The number of rotatable bonds is 8. The van der Waals surface area contributed by atoms with Crippen molar-refractivity contribution in [3.8, 4) is 11.1 Å². The van der Waals surface area contributed by atoms with Gasteiger partial charge in [0.15, 0.2) is 0 Å². The van der Waals surface area contributed by atoms with E-state index in [-0.39, 0.29) is 24.0 Å². The van der Waals surface area contributed by atoms with Gasteiger partial charge in [-0.05, 0) is 84.8 Å². The summed E-state index contributed by atoms with van der Waals surface area (Å²) in [5.74, 6) is 0.783. The predicted molar refractivity (Wildman–Crippen MR) is 157 cm³/mol. The summed E-state index contributed by atoms with van der Waals surface area (Å²) in [6.07, 6.45) is 3.98. The van der Waals surface area contributed by atoms with Gasteiger partial charge in [-0.15, -0.1) is 0 Å². The molecule has 0 radical (unpaired) electrons. The second-order valence-electron chi connectivity index (χ2n) is 11.2. The van der Waals surface area contributed by atoms with Crippen molar-refractivity contribution >= 4 is 17.4 Å². The van der Waals surface area contributed by atoms with Crippen molar-refractivity contribution in [3.05, 3.63) is 78.0 Å². The molecule has 0 spiro atoms. The molecule has 1 saturated heterocycles. The molecule has 3 N–H and O–H groups in total. The van der Waals surface area contributed by atoms with Crippen LogP contribution in [-0.4, -0.2) is 42.1 Å². The maximum atomic E-state index is 13.0. The second-order valence-corrected chi connectivity index (χ2v) is 11.2. The van der Waals surface area contributed by atoms with Crippen molar-refractivity contribution in [2.24, 2.45) is 0 Å². The van der Waals surface area contributed by atoms with Gasteiger partial charge >= 0.3 is 6.18 Å². The van der Waals surface area contributed by atoms with E-state index in [0.717, 1.165) is 73.4 Å². The lowest BCUT2D eigenvalue weighted by Gasteiger charge is -2.40. The van der Waals surface area contributed by atoms with Gasteiger partial charge in [0.2, 0.25) is 5.91 Å². The minimum atomic E-state index is -4.32. The summed E-state index contributed by atoms with van der Waals surface area (Å²) in [6, 6.07) is 18.5. The highest BCUT2D eigenvalue weighted by atomic mass is 19.4. The predicted octanol–water partition coefficient (Wildman–Crippen LogP) is 6.39. The summed E-state index contributed by atoms with van der Waals surface area (Å²) < 4.78 is 39.0. The van der Waals surface area contributed by atoms with Gasteiger partial charge in [-0.25, -0.2) is 4.98 Å². The van der Waals surface area contributed by atoms with Crippen molar-refractivity contribution in [2.45, 2.75) is 76.3 Å². The molecule has 9 heteroatoms. The molecule has 1 aliphatic heterocycles. The lowest BCUT2D eigenvalue weighted by atomic mass is 9.89. The molecule has 1 aliphatic carbocycles. The average molecular weight is 566 g/mol. The number of benzene rings is 2. The molecule has 5 rings (SSSR count). The molecule has 2 aliphatic rings. The van der Waals surface area contributed by atoms with Crippen LogP contribution in [0.5, 0.6) is 0 Å². The third kappa shape index (κ3) is 7.79. The Bertz CT molecular complexity index is 1310. The molecule has 218 valence electrons. The van der Waals surface area contributed by atoms with E-state index in [1.165, 1.54) is 25.5 Å². The Balaban J connectivity index is 1.22. The van der Waals surface area contributed by atoms with Gasteiger partial charge in [-0.3, -0.25) is 4.79 Å². The van der Waals surface area contributed by atoms with Gasteiger partial charge in [-0.2, -0.15) is 13.2 Å². The first-order valence-corrected chi connectivity index (χ1v) is 14.5. The molecule has 41 heavy (non-hydrogen) atoms. The quantitative estimate of drug-likeness (QED) is 0.296. The van der Waals surface area contributed by atoms with Crippen molar-refractivity contribution in [3.63, 3.8) is 0 Å². The van der Waals surface area contributed by atoms with Crippen molar-refractivity contribution in [2.75, 3.05) is 23.3 Å². The minimum Gasteiger partial charge on any atom is -0.370 e. The molecule has 2 aromatic carbocycles. The van der Waals surface area contributed by atoms with E-state index >= 15 is 0 Å². The lowest BCUT2D eigenvalue weighted by Crippen LogP contribution is -2.55.